The zero-order chi connectivity index (χ0) is 13.1. The SMILES string of the molecule is Cc1noc(C)c1CN=C(N)N1CCCC(C)C1.I. The lowest BCUT2D eigenvalue weighted by Crippen LogP contribution is -2.43. The molecule has 19 heavy (non-hydrogen) atoms. The second-order valence-corrected chi connectivity index (χ2v) is 5.17. The fourth-order valence-corrected chi connectivity index (χ4v) is 2.39. The number of rotatable bonds is 2. The third-order valence-corrected chi connectivity index (χ3v) is 3.56. The third kappa shape index (κ3) is 4.09. The van der Waals surface area contributed by atoms with Gasteiger partial charge in [-0.3, -0.25) is 0 Å². The van der Waals surface area contributed by atoms with Crippen LogP contribution in [0, 0.1) is 19.8 Å². The minimum atomic E-state index is 0. The van der Waals surface area contributed by atoms with Gasteiger partial charge in [0, 0.05) is 18.7 Å². The largest absolute Gasteiger partial charge is 0.370 e. The summed E-state index contributed by atoms with van der Waals surface area (Å²) in [6.07, 6.45) is 2.48. The first kappa shape index (κ1) is 16.3. The van der Waals surface area contributed by atoms with Crippen molar-refractivity contribution in [3.8, 4) is 0 Å². The number of hydrogen-bond donors (Lipinski definition) is 1. The molecule has 2 heterocycles. The van der Waals surface area contributed by atoms with Crippen molar-refractivity contribution in [2.75, 3.05) is 13.1 Å². The van der Waals surface area contributed by atoms with Crippen LogP contribution < -0.4 is 5.73 Å². The zero-order valence-electron chi connectivity index (χ0n) is 11.8. The molecule has 108 valence electrons. The van der Waals surface area contributed by atoms with E-state index in [-0.39, 0.29) is 24.0 Å². The van der Waals surface area contributed by atoms with Gasteiger partial charge >= 0.3 is 0 Å². The minimum absolute atomic E-state index is 0. The van der Waals surface area contributed by atoms with E-state index in [4.69, 9.17) is 10.3 Å². The number of hydrogen-bond acceptors (Lipinski definition) is 3. The molecule has 0 spiro atoms. The van der Waals surface area contributed by atoms with E-state index in [1.54, 1.807) is 0 Å². The molecule has 0 aromatic carbocycles. The molecule has 1 aliphatic heterocycles. The van der Waals surface area contributed by atoms with Gasteiger partial charge in [0.15, 0.2) is 5.96 Å². The number of nitrogens with two attached hydrogens (primary N) is 1. The van der Waals surface area contributed by atoms with E-state index in [0.717, 1.165) is 30.1 Å². The molecule has 0 saturated carbocycles. The minimum Gasteiger partial charge on any atom is -0.370 e. The smallest absolute Gasteiger partial charge is 0.191 e. The van der Waals surface area contributed by atoms with Crippen molar-refractivity contribution in [1.82, 2.24) is 10.1 Å². The van der Waals surface area contributed by atoms with Crippen LogP contribution in [0.1, 0.15) is 36.8 Å². The lowest BCUT2D eigenvalue weighted by molar-refractivity contribution is 0.270. The summed E-state index contributed by atoms with van der Waals surface area (Å²) < 4.78 is 5.12. The summed E-state index contributed by atoms with van der Waals surface area (Å²) in [5.41, 5.74) is 8.00. The van der Waals surface area contributed by atoms with E-state index in [0.29, 0.717) is 18.4 Å². The molecule has 5 nitrogen and oxygen atoms in total. The summed E-state index contributed by atoms with van der Waals surface area (Å²) in [6, 6.07) is 0. The highest BCUT2D eigenvalue weighted by molar-refractivity contribution is 14.0. The van der Waals surface area contributed by atoms with Gasteiger partial charge < -0.3 is 15.2 Å². The van der Waals surface area contributed by atoms with Gasteiger partial charge in [-0.05, 0) is 32.6 Å². The van der Waals surface area contributed by atoms with Gasteiger partial charge in [-0.25, -0.2) is 4.99 Å². The maximum atomic E-state index is 6.05. The van der Waals surface area contributed by atoms with Crippen molar-refractivity contribution in [3.63, 3.8) is 0 Å². The Labute approximate surface area is 131 Å². The van der Waals surface area contributed by atoms with E-state index in [2.05, 4.69) is 22.0 Å². The summed E-state index contributed by atoms with van der Waals surface area (Å²) in [6.45, 7) is 8.67. The Morgan fingerprint density at radius 1 is 1.53 bits per heavy atom. The average Bonchev–Trinajstić information content (AvgIpc) is 2.66. The monoisotopic (exact) mass is 378 g/mol. The van der Waals surface area contributed by atoms with Crippen LogP contribution in [0.4, 0.5) is 0 Å². The molecule has 1 saturated heterocycles. The normalized spacial score (nSPS) is 20.3. The van der Waals surface area contributed by atoms with Gasteiger partial charge in [0.2, 0.25) is 0 Å². The highest BCUT2D eigenvalue weighted by Gasteiger charge is 2.18. The summed E-state index contributed by atoms with van der Waals surface area (Å²) in [4.78, 5) is 6.64. The molecule has 0 amide bonds. The second-order valence-electron chi connectivity index (χ2n) is 5.17. The predicted octanol–water partition coefficient (Wildman–Crippen LogP) is 2.46. The Kier molecular flexibility index (Phi) is 6.09. The first-order valence-electron chi connectivity index (χ1n) is 6.54. The lowest BCUT2D eigenvalue weighted by atomic mass is 10.0. The number of nitrogens with zero attached hydrogens (tertiary/aromatic N) is 3. The van der Waals surface area contributed by atoms with Crippen LogP contribution in [0.2, 0.25) is 0 Å². The Bertz CT molecular complexity index is 424. The van der Waals surface area contributed by atoms with Crippen LogP contribution in [0.25, 0.3) is 0 Å². The molecule has 6 heteroatoms. The van der Waals surface area contributed by atoms with E-state index in [1.807, 2.05) is 13.8 Å². The second kappa shape index (κ2) is 7.12. The average molecular weight is 378 g/mol. The van der Waals surface area contributed by atoms with Crippen LogP contribution in [0.5, 0.6) is 0 Å². The standard InChI is InChI=1S/C13H22N4O.HI/c1-9-5-4-6-17(8-9)13(14)15-7-12-10(2)16-18-11(12)3;/h9H,4-8H2,1-3H3,(H2,14,15);1H. The van der Waals surface area contributed by atoms with E-state index < -0.39 is 0 Å². The quantitative estimate of drug-likeness (QED) is 0.488. The van der Waals surface area contributed by atoms with Gasteiger partial charge in [-0.15, -0.1) is 24.0 Å². The molecule has 0 aliphatic carbocycles. The maximum absolute atomic E-state index is 6.05. The van der Waals surface area contributed by atoms with Crippen molar-refractivity contribution in [3.05, 3.63) is 17.0 Å². The van der Waals surface area contributed by atoms with Crippen LogP contribution in [-0.4, -0.2) is 29.1 Å². The molecule has 2 N–H and O–H groups in total. The number of piperidine rings is 1. The molecule has 1 aliphatic rings. The molecular weight excluding hydrogens is 355 g/mol. The molecule has 1 aromatic heterocycles. The number of likely N-dealkylation sites (tertiary alicyclic amines) is 1. The van der Waals surface area contributed by atoms with Gasteiger partial charge in [0.1, 0.15) is 5.76 Å². The van der Waals surface area contributed by atoms with Gasteiger partial charge in [-0.1, -0.05) is 12.1 Å². The van der Waals surface area contributed by atoms with Crippen molar-refractivity contribution in [2.45, 2.75) is 40.2 Å². The van der Waals surface area contributed by atoms with Crippen LogP contribution in [0.3, 0.4) is 0 Å². The number of halogens is 1. The summed E-state index contributed by atoms with van der Waals surface area (Å²) in [5, 5.41) is 3.92. The topological polar surface area (TPSA) is 67.6 Å². The van der Waals surface area contributed by atoms with Gasteiger partial charge in [-0.2, -0.15) is 0 Å². The van der Waals surface area contributed by atoms with E-state index in [1.165, 1.54) is 12.8 Å². The van der Waals surface area contributed by atoms with E-state index in [9.17, 15) is 0 Å². The molecule has 1 atom stereocenters. The fraction of sp³-hybridized carbons (Fsp3) is 0.692. The molecule has 1 fully saturated rings. The Balaban J connectivity index is 0.00000180. The van der Waals surface area contributed by atoms with E-state index >= 15 is 0 Å². The summed E-state index contributed by atoms with van der Waals surface area (Å²) in [7, 11) is 0. The van der Waals surface area contributed by atoms with Crippen molar-refractivity contribution >= 4 is 29.9 Å². The molecule has 2 rings (SSSR count). The number of aromatic nitrogens is 1. The first-order chi connectivity index (χ1) is 8.58. The van der Waals surface area contributed by atoms with Gasteiger partial charge in [0.05, 0.1) is 12.2 Å². The highest BCUT2D eigenvalue weighted by Crippen LogP contribution is 2.16. The van der Waals surface area contributed by atoms with Crippen molar-refractivity contribution < 1.29 is 4.52 Å². The number of aliphatic imine (C=N–C) groups is 1. The fourth-order valence-electron chi connectivity index (χ4n) is 2.39. The zero-order valence-corrected chi connectivity index (χ0v) is 14.2. The number of guanidine groups is 1. The summed E-state index contributed by atoms with van der Waals surface area (Å²) >= 11 is 0. The Morgan fingerprint density at radius 3 is 2.84 bits per heavy atom. The summed E-state index contributed by atoms with van der Waals surface area (Å²) in [5.74, 6) is 2.17. The molecule has 1 unspecified atom stereocenters. The first-order valence-corrected chi connectivity index (χ1v) is 6.54. The Morgan fingerprint density at radius 2 is 2.26 bits per heavy atom. The molecular formula is C13H23IN4O. The van der Waals surface area contributed by atoms with Crippen molar-refractivity contribution in [1.29, 1.82) is 0 Å². The highest BCUT2D eigenvalue weighted by atomic mass is 127. The predicted molar refractivity (Wildman–Crippen MR) is 86.7 cm³/mol. The Hall–Kier alpha value is -0.790. The van der Waals surface area contributed by atoms with Gasteiger partial charge in [0.25, 0.3) is 0 Å². The van der Waals surface area contributed by atoms with Crippen LogP contribution >= 0.6 is 24.0 Å². The van der Waals surface area contributed by atoms with Crippen LogP contribution in [-0.2, 0) is 6.54 Å². The molecule has 1 aromatic rings. The molecule has 0 radical (unpaired) electrons. The van der Waals surface area contributed by atoms with Crippen LogP contribution in [0.15, 0.2) is 9.52 Å². The maximum Gasteiger partial charge on any atom is 0.191 e. The number of aryl methyl sites for hydroxylation is 2. The third-order valence-electron chi connectivity index (χ3n) is 3.56. The molecule has 0 bridgehead atoms. The van der Waals surface area contributed by atoms with Crippen molar-refractivity contribution in [2.24, 2.45) is 16.6 Å². The lowest BCUT2D eigenvalue weighted by Gasteiger charge is -2.31.